The van der Waals surface area contributed by atoms with Gasteiger partial charge in [-0.1, -0.05) is 17.0 Å². The van der Waals surface area contributed by atoms with Crippen LogP contribution in [0.1, 0.15) is 33.3 Å². The quantitative estimate of drug-likeness (QED) is 0.438. The third kappa shape index (κ3) is 5.00. The molecule has 10 nitrogen and oxygen atoms in total. The second kappa shape index (κ2) is 11.0. The van der Waals surface area contributed by atoms with Crippen molar-refractivity contribution in [3.8, 4) is 23.8 Å². The number of anilines is 1. The average molecular weight is 613 g/mol. The number of ether oxygens (including phenoxy) is 3. The van der Waals surface area contributed by atoms with Gasteiger partial charge >= 0.3 is 17.7 Å². The van der Waals surface area contributed by atoms with Crippen molar-refractivity contribution in [2.45, 2.75) is 56.6 Å². The minimum Gasteiger partial charge on any atom is -0.444 e. The van der Waals surface area contributed by atoms with Gasteiger partial charge in [-0.2, -0.15) is 5.26 Å². The largest absolute Gasteiger partial charge is 0.444 e. The number of methoxy groups -OCH3 is 1. The van der Waals surface area contributed by atoms with E-state index >= 15 is 13.2 Å². The average Bonchev–Trinajstić information content (AvgIpc) is 3.22. The Balaban J connectivity index is 1.37. The summed E-state index contributed by atoms with van der Waals surface area (Å²) in [6.07, 6.45) is -2.21. The Kier molecular flexibility index (Phi) is 7.77. The molecule has 1 aliphatic carbocycles. The summed E-state index contributed by atoms with van der Waals surface area (Å²) in [6.45, 7) is 13.0. The highest BCUT2D eigenvalue weighted by atomic mass is 19.1. The number of fused-ring (bicyclic) bond motifs is 1. The maximum absolute atomic E-state index is 15.7. The topological polar surface area (TPSA) is 108 Å². The van der Waals surface area contributed by atoms with Gasteiger partial charge < -0.3 is 14.2 Å². The number of hydrogen-bond donors (Lipinski definition) is 1. The van der Waals surface area contributed by atoms with Crippen LogP contribution in [0.5, 0.6) is 0 Å². The van der Waals surface area contributed by atoms with Crippen LogP contribution in [-0.2, 0) is 19.6 Å². The van der Waals surface area contributed by atoms with E-state index in [1.165, 1.54) is 24.1 Å². The molecule has 2 aromatic rings. The Morgan fingerprint density at radius 2 is 1.91 bits per heavy atom. The number of halogens is 3. The molecule has 3 aliphatic rings. The van der Waals surface area contributed by atoms with Gasteiger partial charge in [-0.15, -0.1) is 0 Å². The molecule has 5 rings (SSSR count). The molecule has 2 amide bonds. The molecule has 0 spiro atoms. The van der Waals surface area contributed by atoms with Crippen LogP contribution in [0.3, 0.4) is 0 Å². The zero-order chi connectivity index (χ0) is 32.2. The maximum Gasteiger partial charge on any atom is 0.414 e. The van der Waals surface area contributed by atoms with Crippen LogP contribution in [0.15, 0.2) is 30.3 Å². The normalized spacial score (nSPS) is 26.5. The third-order valence-corrected chi connectivity index (χ3v) is 8.47. The van der Waals surface area contributed by atoms with E-state index in [9.17, 15) is 14.9 Å². The van der Waals surface area contributed by atoms with E-state index in [1.807, 2.05) is 0 Å². The number of cyclic esters (lactones) is 1. The van der Waals surface area contributed by atoms with Crippen molar-refractivity contribution in [1.29, 1.82) is 5.26 Å². The molecule has 2 aromatic carbocycles. The van der Waals surface area contributed by atoms with Gasteiger partial charge in [0.2, 0.25) is 0 Å². The van der Waals surface area contributed by atoms with Gasteiger partial charge in [0.25, 0.3) is 6.57 Å². The highest BCUT2D eigenvalue weighted by molar-refractivity contribution is 5.90. The van der Waals surface area contributed by atoms with Crippen molar-refractivity contribution in [2.75, 3.05) is 38.2 Å². The molecular formula is C31H33F3N5O5+. The zero-order valence-corrected chi connectivity index (χ0v) is 25.0. The van der Waals surface area contributed by atoms with E-state index in [1.54, 1.807) is 27.7 Å². The summed E-state index contributed by atoms with van der Waals surface area (Å²) in [5, 5.41) is 13.2. The van der Waals surface area contributed by atoms with Crippen LogP contribution in [0.4, 0.5) is 28.4 Å². The van der Waals surface area contributed by atoms with E-state index in [0.717, 1.165) is 23.1 Å². The summed E-state index contributed by atoms with van der Waals surface area (Å²) in [7, 11) is 1.52. The third-order valence-electron chi connectivity index (χ3n) is 8.47. The lowest BCUT2D eigenvalue weighted by Crippen LogP contribution is -2.41. The van der Waals surface area contributed by atoms with Crippen molar-refractivity contribution >= 4 is 17.9 Å². The molecule has 0 bridgehead atoms. The van der Waals surface area contributed by atoms with Crippen LogP contribution in [0, 0.1) is 41.3 Å². The molecule has 0 aromatic heterocycles. The Labute approximate surface area is 253 Å². The number of carbonyl (C=O) groups is 2. The molecule has 2 saturated heterocycles. The first-order valence-corrected chi connectivity index (χ1v) is 14.1. The number of likely N-dealkylation sites (tertiary alicyclic amines) is 1. The van der Waals surface area contributed by atoms with E-state index < -0.39 is 63.8 Å². The van der Waals surface area contributed by atoms with Crippen LogP contribution in [0.2, 0.25) is 0 Å². The first-order valence-electron chi connectivity index (χ1n) is 14.1. The minimum atomic E-state index is -1.48. The van der Waals surface area contributed by atoms with Gasteiger partial charge in [0, 0.05) is 25.8 Å². The van der Waals surface area contributed by atoms with E-state index in [-0.39, 0.29) is 49.2 Å². The fourth-order valence-corrected chi connectivity index (χ4v) is 6.25. The van der Waals surface area contributed by atoms with Crippen molar-refractivity contribution in [2.24, 2.45) is 5.92 Å². The summed E-state index contributed by atoms with van der Waals surface area (Å²) < 4.78 is 62.2. The van der Waals surface area contributed by atoms with Gasteiger partial charge in [0.05, 0.1) is 29.8 Å². The zero-order valence-electron chi connectivity index (χ0n) is 25.0. The second-order valence-electron chi connectivity index (χ2n) is 12.3. The Bertz CT molecular complexity index is 1580. The number of rotatable bonds is 7. The number of nitriles is 1. The van der Waals surface area contributed by atoms with Gasteiger partial charge in [0.15, 0.2) is 5.41 Å². The van der Waals surface area contributed by atoms with Crippen molar-refractivity contribution in [3.63, 3.8) is 0 Å². The molecule has 2 heterocycles. The molecule has 44 heavy (non-hydrogen) atoms. The monoisotopic (exact) mass is 612 g/mol. The molecule has 0 radical (unpaired) electrons. The van der Waals surface area contributed by atoms with E-state index in [2.05, 4.69) is 16.2 Å². The number of amides is 2. The molecule has 2 aliphatic heterocycles. The van der Waals surface area contributed by atoms with Gasteiger partial charge in [-0.3, -0.25) is 15.1 Å². The molecule has 1 N–H and O–H groups in total. The molecular weight excluding hydrogens is 579 g/mol. The summed E-state index contributed by atoms with van der Waals surface area (Å²) >= 11 is 0. The first kappa shape index (κ1) is 31.1. The highest BCUT2D eigenvalue weighted by Crippen LogP contribution is 2.69. The fourth-order valence-electron chi connectivity index (χ4n) is 6.25. The molecule has 5 atom stereocenters. The van der Waals surface area contributed by atoms with Crippen LogP contribution in [-0.4, -0.2) is 73.8 Å². The van der Waals surface area contributed by atoms with E-state index in [4.69, 9.17) is 20.8 Å². The first-order chi connectivity index (χ1) is 20.7. The Morgan fingerprint density at radius 3 is 2.45 bits per heavy atom. The molecule has 13 heteroatoms. The number of nitrogens with zero attached hydrogens (tertiary/aromatic N) is 4. The summed E-state index contributed by atoms with van der Waals surface area (Å²) in [4.78, 5) is 31.5. The molecule has 1 saturated carbocycles. The van der Waals surface area contributed by atoms with Crippen molar-refractivity contribution in [3.05, 3.63) is 58.2 Å². The van der Waals surface area contributed by atoms with Crippen LogP contribution >= 0.6 is 0 Å². The lowest BCUT2D eigenvalue weighted by molar-refractivity contribution is 0.0265. The van der Waals surface area contributed by atoms with Gasteiger partial charge in [-0.25, -0.2) is 22.8 Å². The lowest BCUT2D eigenvalue weighted by atomic mass is 9.87. The van der Waals surface area contributed by atoms with Crippen molar-refractivity contribution < 1.29 is 37.0 Å². The maximum atomic E-state index is 15.7. The van der Waals surface area contributed by atoms with Gasteiger partial charge in [-0.05, 0) is 51.5 Å². The fraction of sp³-hybridized carbons (Fsp3) is 0.484. The SMILES string of the molecule is C#[N+][C@@]12CN(C(=O)OC(C)(C)C)CC1[C@@]2(C#N)c1ccc(-c2c(F)cc(N3C[C@H](CNC(C)OC)OC3=O)cc2F)cc1F. The van der Waals surface area contributed by atoms with Crippen LogP contribution < -0.4 is 10.2 Å². The number of piperidine rings is 1. The predicted molar refractivity (Wildman–Crippen MR) is 153 cm³/mol. The summed E-state index contributed by atoms with van der Waals surface area (Å²) in [6, 6.07) is 7.67. The van der Waals surface area contributed by atoms with Gasteiger partial charge in [0.1, 0.15) is 41.9 Å². The van der Waals surface area contributed by atoms with E-state index in [0.29, 0.717) is 0 Å². The van der Waals surface area contributed by atoms with Crippen LogP contribution in [0.25, 0.3) is 16.0 Å². The van der Waals surface area contributed by atoms with Crippen molar-refractivity contribution in [1.82, 2.24) is 10.2 Å². The summed E-state index contributed by atoms with van der Waals surface area (Å²) in [5.41, 5.74) is -4.19. The number of nitrogens with one attached hydrogen (secondary N) is 1. The molecule has 232 valence electrons. The second-order valence-corrected chi connectivity index (χ2v) is 12.3. The summed E-state index contributed by atoms with van der Waals surface area (Å²) in [5.74, 6) is -3.53. The molecule has 2 unspecified atom stereocenters. The highest BCUT2D eigenvalue weighted by Gasteiger charge is 2.92. The Morgan fingerprint density at radius 1 is 1.23 bits per heavy atom. The number of hydrogen-bond acceptors (Lipinski definition) is 7. The standard InChI is InChI=1S/C31H33F3N5O5/c1-17(42-6)37-12-20-13-39(28(41)43-20)19-10-23(33)26(24(34)11-19)18-7-8-21(22(32)9-18)30(15-35)25-14-38(16-31(25,30)36-5)27(40)44-29(2,3)4/h5,7-11,17,20,25,37H,12-14,16H2,1-4,6H3/q+1/t17?,20-,25?,30+,31-/m0/s1. The smallest absolute Gasteiger partial charge is 0.414 e. The number of carbonyl (C=O) groups excluding carboxylic acids is 2. The minimum absolute atomic E-state index is 0.0357. The molecule has 3 fully saturated rings. The lowest BCUT2D eigenvalue weighted by Gasteiger charge is -2.26. The predicted octanol–water partition coefficient (Wildman–Crippen LogP) is 5.02. The Hall–Kier alpha value is -4.33. The number of benzene rings is 2.